The second-order valence-corrected chi connectivity index (χ2v) is 7.21. The van der Waals surface area contributed by atoms with Crippen LogP contribution in [0.15, 0.2) is 48.1 Å². The summed E-state index contributed by atoms with van der Waals surface area (Å²) in [6, 6.07) is 10.2. The molecule has 0 aliphatic carbocycles. The molecule has 2 aromatic heterocycles. The fourth-order valence-corrected chi connectivity index (χ4v) is 3.72. The zero-order valence-corrected chi connectivity index (χ0v) is 15.8. The highest BCUT2D eigenvalue weighted by atomic mass is 32.1. The van der Waals surface area contributed by atoms with E-state index in [-0.39, 0.29) is 5.91 Å². The molecule has 7 nitrogen and oxygen atoms in total. The molecule has 0 saturated carbocycles. The van der Waals surface area contributed by atoms with Crippen molar-refractivity contribution in [2.75, 3.05) is 36.4 Å². The van der Waals surface area contributed by atoms with Crippen LogP contribution in [0.4, 0.5) is 16.8 Å². The van der Waals surface area contributed by atoms with Crippen molar-refractivity contribution in [1.82, 2.24) is 19.9 Å². The monoisotopic (exact) mass is 380 g/mol. The molecule has 0 bridgehead atoms. The van der Waals surface area contributed by atoms with Gasteiger partial charge in [0.1, 0.15) is 5.69 Å². The van der Waals surface area contributed by atoms with Crippen molar-refractivity contribution in [3.05, 3.63) is 59.4 Å². The molecular formula is C19H20N6OS. The molecule has 8 heteroatoms. The van der Waals surface area contributed by atoms with Crippen molar-refractivity contribution in [2.24, 2.45) is 0 Å². The molecule has 1 fully saturated rings. The van der Waals surface area contributed by atoms with Gasteiger partial charge in [-0.1, -0.05) is 12.1 Å². The lowest BCUT2D eigenvalue weighted by Gasteiger charge is -2.36. The predicted octanol–water partition coefficient (Wildman–Crippen LogP) is 2.95. The van der Waals surface area contributed by atoms with Gasteiger partial charge in [0.15, 0.2) is 5.13 Å². The molecule has 1 saturated heterocycles. The number of amides is 1. The third-order valence-electron chi connectivity index (χ3n) is 4.44. The van der Waals surface area contributed by atoms with Gasteiger partial charge in [-0.25, -0.2) is 15.0 Å². The number of nitrogens with one attached hydrogen (secondary N) is 1. The minimum absolute atomic E-state index is 0.0304. The van der Waals surface area contributed by atoms with E-state index in [1.165, 1.54) is 22.6 Å². The van der Waals surface area contributed by atoms with Crippen LogP contribution in [0, 0.1) is 6.92 Å². The number of carbonyl (C=O) groups excluding carboxylic acids is 1. The van der Waals surface area contributed by atoms with Crippen molar-refractivity contribution in [1.29, 1.82) is 0 Å². The first kappa shape index (κ1) is 17.4. The summed E-state index contributed by atoms with van der Waals surface area (Å²) in [5.74, 6) is 0.440. The SMILES string of the molecule is Cc1cccc(N2CCN(C(=O)c3csc(Nc4ncccn4)n3)CC2)c1. The predicted molar refractivity (Wildman–Crippen MR) is 107 cm³/mol. The van der Waals surface area contributed by atoms with Crippen molar-refractivity contribution in [2.45, 2.75) is 6.92 Å². The van der Waals surface area contributed by atoms with Crippen molar-refractivity contribution in [3.8, 4) is 0 Å². The van der Waals surface area contributed by atoms with Gasteiger partial charge in [-0.3, -0.25) is 4.79 Å². The van der Waals surface area contributed by atoms with Crippen LogP contribution in [0.3, 0.4) is 0 Å². The summed E-state index contributed by atoms with van der Waals surface area (Å²) in [5, 5.41) is 5.41. The Bertz CT molecular complexity index is 921. The number of rotatable bonds is 4. The zero-order chi connectivity index (χ0) is 18.6. The first-order valence-corrected chi connectivity index (χ1v) is 9.67. The van der Waals surface area contributed by atoms with Crippen LogP contribution in [0.5, 0.6) is 0 Å². The summed E-state index contributed by atoms with van der Waals surface area (Å²) < 4.78 is 0. The fourth-order valence-electron chi connectivity index (χ4n) is 3.04. The maximum atomic E-state index is 12.8. The van der Waals surface area contributed by atoms with E-state index >= 15 is 0 Å². The Hall–Kier alpha value is -3.00. The van der Waals surface area contributed by atoms with Gasteiger partial charge in [-0.2, -0.15) is 0 Å². The van der Waals surface area contributed by atoms with Crippen LogP contribution >= 0.6 is 11.3 Å². The quantitative estimate of drug-likeness (QED) is 0.750. The molecule has 0 radical (unpaired) electrons. The lowest BCUT2D eigenvalue weighted by molar-refractivity contribution is 0.0742. The van der Waals surface area contributed by atoms with Gasteiger partial charge in [-0.15, -0.1) is 11.3 Å². The van der Waals surface area contributed by atoms with Gasteiger partial charge >= 0.3 is 0 Å². The van der Waals surface area contributed by atoms with E-state index in [0.29, 0.717) is 29.9 Å². The van der Waals surface area contributed by atoms with Crippen LogP contribution in [0.1, 0.15) is 16.1 Å². The lowest BCUT2D eigenvalue weighted by Crippen LogP contribution is -2.48. The fraction of sp³-hybridized carbons (Fsp3) is 0.263. The second-order valence-electron chi connectivity index (χ2n) is 6.35. The number of carbonyl (C=O) groups is 1. The van der Waals surface area contributed by atoms with Crippen LogP contribution in [0.25, 0.3) is 0 Å². The number of aryl methyl sites for hydroxylation is 1. The van der Waals surface area contributed by atoms with Crippen LogP contribution < -0.4 is 10.2 Å². The summed E-state index contributed by atoms with van der Waals surface area (Å²) in [6.07, 6.45) is 3.31. The minimum Gasteiger partial charge on any atom is -0.368 e. The molecule has 1 N–H and O–H groups in total. The highest BCUT2D eigenvalue weighted by molar-refractivity contribution is 7.14. The Balaban J connectivity index is 1.37. The topological polar surface area (TPSA) is 74.2 Å². The smallest absolute Gasteiger partial charge is 0.273 e. The van der Waals surface area contributed by atoms with Crippen molar-refractivity contribution < 1.29 is 4.79 Å². The number of hydrogen-bond acceptors (Lipinski definition) is 7. The lowest BCUT2D eigenvalue weighted by atomic mass is 10.2. The average molecular weight is 380 g/mol. The van der Waals surface area contributed by atoms with E-state index in [4.69, 9.17) is 0 Å². The molecule has 27 heavy (non-hydrogen) atoms. The highest BCUT2D eigenvalue weighted by Gasteiger charge is 2.24. The van der Waals surface area contributed by atoms with E-state index in [2.05, 4.69) is 56.4 Å². The van der Waals surface area contributed by atoms with Crippen LogP contribution in [0.2, 0.25) is 0 Å². The Morgan fingerprint density at radius 3 is 2.63 bits per heavy atom. The maximum absolute atomic E-state index is 12.8. The van der Waals surface area contributed by atoms with Crippen molar-refractivity contribution in [3.63, 3.8) is 0 Å². The molecule has 1 aliphatic rings. The van der Waals surface area contributed by atoms with Gasteiger partial charge in [0.2, 0.25) is 5.95 Å². The molecular weight excluding hydrogens is 360 g/mol. The van der Waals surface area contributed by atoms with E-state index in [0.717, 1.165) is 13.1 Å². The van der Waals surface area contributed by atoms with Gasteiger partial charge in [-0.05, 0) is 30.7 Å². The maximum Gasteiger partial charge on any atom is 0.273 e. The first-order valence-electron chi connectivity index (χ1n) is 8.79. The number of aromatic nitrogens is 3. The van der Waals surface area contributed by atoms with Crippen LogP contribution in [-0.2, 0) is 0 Å². The number of anilines is 3. The molecule has 3 heterocycles. The number of benzene rings is 1. The van der Waals surface area contributed by atoms with Gasteiger partial charge in [0.05, 0.1) is 0 Å². The third-order valence-corrected chi connectivity index (χ3v) is 5.20. The van der Waals surface area contributed by atoms with Crippen LogP contribution in [-0.4, -0.2) is 51.9 Å². The molecule has 1 aromatic carbocycles. The summed E-state index contributed by atoms with van der Waals surface area (Å²) >= 11 is 1.38. The van der Waals surface area contributed by atoms with E-state index in [9.17, 15) is 4.79 Å². The van der Waals surface area contributed by atoms with Gasteiger partial charge < -0.3 is 15.1 Å². The summed E-state index contributed by atoms with van der Waals surface area (Å²) in [4.78, 5) is 29.5. The number of thiazole rings is 1. The van der Waals surface area contributed by atoms with E-state index in [1.807, 2.05) is 4.90 Å². The van der Waals surface area contributed by atoms with Gasteiger partial charge in [0, 0.05) is 49.6 Å². The minimum atomic E-state index is -0.0304. The molecule has 3 aromatic rings. The summed E-state index contributed by atoms with van der Waals surface area (Å²) in [6.45, 7) is 5.12. The summed E-state index contributed by atoms with van der Waals surface area (Å²) in [7, 11) is 0. The van der Waals surface area contributed by atoms with Crippen molar-refractivity contribution >= 4 is 34.0 Å². The molecule has 1 aliphatic heterocycles. The first-order chi connectivity index (χ1) is 13.2. The highest BCUT2D eigenvalue weighted by Crippen LogP contribution is 2.21. The Labute approximate surface area is 161 Å². The summed E-state index contributed by atoms with van der Waals surface area (Å²) in [5.41, 5.74) is 2.92. The molecule has 0 unspecified atom stereocenters. The number of piperazine rings is 1. The molecule has 138 valence electrons. The molecule has 0 spiro atoms. The molecule has 0 atom stereocenters. The normalized spacial score (nSPS) is 14.3. The van der Waals surface area contributed by atoms with E-state index in [1.54, 1.807) is 23.8 Å². The Kier molecular flexibility index (Phi) is 4.97. The number of nitrogens with zero attached hydrogens (tertiary/aromatic N) is 5. The Morgan fingerprint density at radius 1 is 1.11 bits per heavy atom. The number of hydrogen-bond donors (Lipinski definition) is 1. The average Bonchev–Trinajstić information content (AvgIpc) is 3.17. The second kappa shape index (κ2) is 7.71. The molecule has 4 rings (SSSR count). The standard InChI is InChI=1S/C19H20N6OS/c1-14-4-2-5-15(12-14)24-8-10-25(11-9-24)17(26)16-13-27-19(22-16)23-18-20-6-3-7-21-18/h2-7,12-13H,8-11H2,1H3,(H,20,21,22,23). The zero-order valence-electron chi connectivity index (χ0n) is 15.0. The van der Waals surface area contributed by atoms with E-state index < -0.39 is 0 Å². The Morgan fingerprint density at radius 2 is 1.89 bits per heavy atom. The largest absolute Gasteiger partial charge is 0.368 e. The molecule has 1 amide bonds. The third kappa shape index (κ3) is 4.06. The van der Waals surface area contributed by atoms with Gasteiger partial charge in [0.25, 0.3) is 5.91 Å².